The highest BCUT2D eigenvalue weighted by Gasteiger charge is 2.31. The summed E-state index contributed by atoms with van der Waals surface area (Å²) in [4.78, 5) is 24.1. The van der Waals surface area contributed by atoms with E-state index in [2.05, 4.69) is 0 Å². The van der Waals surface area contributed by atoms with Crippen LogP contribution < -0.4 is 4.74 Å². The van der Waals surface area contributed by atoms with Gasteiger partial charge in [0.1, 0.15) is 5.75 Å². The average Bonchev–Trinajstić information content (AvgIpc) is 2.38. The number of benzene rings is 1. The van der Waals surface area contributed by atoms with Gasteiger partial charge >= 0.3 is 5.97 Å². The van der Waals surface area contributed by atoms with E-state index in [1.54, 1.807) is 4.90 Å². The van der Waals surface area contributed by atoms with Gasteiger partial charge in [-0.25, -0.2) is 0 Å². The lowest BCUT2D eigenvalue weighted by atomic mass is 9.96. The molecule has 0 spiro atoms. The number of carboxylic acid groups (broad SMARTS) is 1. The lowest BCUT2D eigenvalue weighted by molar-refractivity contribution is -0.145. The SMILES string of the molecule is Cc1cccc(OCCCC(=O)N2CC(CC(=O)O)C2)c1. The van der Waals surface area contributed by atoms with Crippen LogP contribution in [0.2, 0.25) is 0 Å². The second kappa shape index (κ2) is 7.11. The van der Waals surface area contributed by atoms with Gasteiger partial charge in [-0.2, -0.15) is 0 Å². The molecule has 0 unspecified atom stereocenters. The Kier molecular flexibility index (Phi) is 5.20. The zero-order chi connectivity index (χ0) is 15.2. The van der Waals surface area contributed by atoms with Crippen molar-refractivity contribution in [2.45, 2.75) is 26.2 Å². The van der Waals surface area contributed by atoms with E-state index in [9.17, 15) is 9.59 Å². The molecule has 5 heteroatoms. The van der Waals surface area contributed by atoms with Gasteiger partial charge in [-0.15, -0.1) is 0 Å². The highest BCUT2D eigenvalue weighted by molar-refractivity contribution is 5.77. The number of ether oxygens (including phenoxy) is 1. The molecule has 0 saturated carbocycles. The highest BCUT2D eigenvalue weighted by atomic mass is 16.5. The first-order valence-electron chi connectivity index (χ1n) is 7.23. The third kappa shape index (κ3) is 4.77. The summed E-state index contributed by atoms with van der Waals surface area (Å²) in [7, 11) is 0. The number of carbonyl (C=O) groups is 2. The second-order valence-electron chi connectivity index (χ2n) is 5.53. The fraction of sp³-hybridized carbons (Fsp3) is 0.500. The van der Waals surface area contributed by atoms with Crippen molar-refractivity contribution in [2.24, 2.45) is 5.92 Å². The molecule has 1 saturated heterocycles. The molecule has 1 fully saturated rings. The molecule has 114 valence electrons. The van der Waals surface area contributed by atoms with Crippen LogP contribution in [0, 0.1) is 12.8 Å². The maximum absolute atomic E-state index is 11.8. The number of aryl methyl sites for hydroxylation is 1. The van der Waals surface area contributed by atoms with Crippen molar-refractivity contribution in [2.75, 3.05) is 19.7 Å². The number of rotatable bonds is 7. The Hall–Kier alpha value is -2.04. The normalized spacial score (nSPS) is 14.6. The van der Waals surface area contributed by atoms with Crippen LogP contribution in [0.25, 0.3) is 0 Å². The van der Waals surface area contributed by atoms with Crippen LogP contribution in [0.4, 0.5) is 0 Å². The number of hydrogen-bond acceptors (Lipinski definition) is 3. The molecule has 1 amide bonds. The van der Waals surface area contributed by atoms with Crippen molar-refractivity contribution in [1.29, 1.82) is 0 Å². The molecule has 1 aromatic rings. The Balaban J connectivity index is 1.59. The zero-order valence-electron chi connectivity index (χ0n) is 12.2. The van der Waals surface area contributed by atoms with Gasteiger partial charge in [-0.05, 0) is 31.0 Å². The Bertz CT molecular complexity index is 509. The number of amides is 1. The summed E-state index contributed by atoms with van der Waals surface area (Å²) >= 11 is 0. The Morgan fingerprint density at radius 2 is 2.14 bits per heavy atom. The maximum Gasteiger partial charge on any atom is 0.303 e. The van der Waals surface area contributed by atoms with E-state index in [4.69, 9.17) is 9.84 Å². The first kappa shape index (κ1) is 15.4. The molecule has 1 heterocycles. The molecular formula is C16H21NO4. The molecule has 1 N–H and O–H groups in total. The van der Waals surface area contributed by atoms with Crippen LogP contribution in [-0.4, -0.2) is 41.6 Å². The van der Waals surface area contributed by atoms with Crippen LogP contribution in [0.3, 0.4) is 0 Å². The number of aliphatic carboxylic acids is 1. The summed E-state index contributed by atoms with van der Waals surface area (Å²) in [6.07, 6.45) is 1.28. The molecule has 0 aromatic heterocycles. The second-order valence-corrected chi connectivity index (χ2v) is 5.53. The van der Waals surface area contributed by atoms with E-state index in [1.165, 1.54) is 0 Å². The van der Waals surface area contributed by atoms with Crippen LogP contribution in [-0.2, 0) is 9.59 Å². The van der Waals surface area contributed by atoms with E-state index in [-0.39, 0.29) is 18.2 Å². The number of carbonyl (C=O) groups excluding carboxylic acids is 1. The molecule has 0 atom stereocenters. The third-order valence-electron chi connectivity index (χ3n) is 3.57. The van der Waals surface area contributed by atoms with E-state index >= 15 is 0 Å². The van der Waals surface area contributed by atoms with E-state index in [0.29, 0.717) is 32.5 Å². The van der Waals surface area contributed by atoms with Crippen LogP contribution in [0.15, 0.2) is 24.3 Å². The molecule has 1 aliphatic heterocycles. The Morgan fingerprint density at radius 3 is 2.81 bits per heavy atom. The maximum atomic E-state index is 11.8. The van der Waals surface area contributed by atoms with Crippen LogP contribution >= 0.6 is 0 Å². The van der Waals surface area contributed by atoms with Crippen molar-refractivity contribution in [3.8, 4) is 5.75 Å². The first-order chi connectivity index (χ1) is 10.0. The summed E-state index contributed by atoms with van der Waals surface area (Å²) in [6.45, 7) is 3.67. The molecular weight excluding hydrogens is 270 g/mol. The van der Waals surface area contributed by atoms with Crippen molar-refractivity contribution >= 4 is 11.9 Å². The van der Waals surface area contributed by atoms with Crippen molar-refractivity contribution in [3.63, 3.8) is 0 Å². The van der Waals surface area contributed by atoms with Gasteiger partial charge in [-0.3, -0.25) is 9.59 Å². The molecule has 1 aliphatic rings. The lowest BCUT2D eigenvalue weighted by Crippen LogP contribution is -2.50. The fourth-order valence-electron chi connectivity index (χ4n) is 2.43. The summed E-state index contributed by atoms with van der Waals surface area (Å²) in [5.41, 5.74) is 1.15. The summed E-state index contributed by atoms with van der Waals surface area (Å²) in [5, 5.41) is 8.65. The molecule has 21 heavy (non-hydrogen) atoms. The molecule has 2 rings (SSSR count). The van der Waals surface area contributed by atoms with Gasteiger partial charge in [0, 0.05) is 25.4 Å². The third-order valence-corrected chi connectivity index (χ3v) is 3.57. The number of hydrogen-bond donors (Lipinski definition) is 1. The van der Waals surface area contributed by atoms with Crippen LogP contribution in [0.5, 0.6) is 5.75 Å². The number of likely N-dealkylation sites (tertiary alicyclic amines) is 1. The molecule has 5 nitrogen and oxygen atoms in total. The molecule has 0 aliphatic carbocycles. The zero-order valence-corrected chi connectivity index (χ0v) is 12.2. The van der Waals surface area contributed by atoms with Gasteiger partial charge in [-0.1, -0.05) is 12.1 Å². The average molecular weight is 291 g/mol. The minimum atomic E-state index is -0.793. The number of carboxylic acids is 1. The first-order valence-corrected chi connectivity index (χ1v) is 7.23. The van der Waals surface area contributed by atoms with E-state index in [0.717, 1.165) is 11.3 Å². The van der Waals surface area contributed by atoms with Gasteiger partial charge in [0.05, 0.1) is 13.0 Å². The van der Waals surface area contributed by atoms with E-state index in [1.807, 2.05) is 31.2 Å². The minimum absolute atomic E-state index is 0.0875. The standard InChI is InChI=1S/C16H21NO4/c1-12-4-2-5-14(8-12)21-7-3-6-15(18)17-10-13(11-17)9-16(19)20/h2,4-5,8,13H,3,6-7,9-11H2,1H3,(H,19,20). The summed E-state index contributed by atoms with van der Waals surface area (Å²) in [5.74, 6) is 0.242. The lowest BCUT2D eigenvalue weighted by Gasteiger charge is -2.38. The van der Waals surface area contributed by atoms with Crippen molar-refractivity contribution in [3.05, 3.63) is 29.8 Å². The van der Waals surface area contributed by atoms with Crippen molar-refractivity contribution in [1.82, 2.24) is 4.90 Å². The Morgan fingerprint density at radius 1 is 1.38 bits per heavy atom. The Labute approximate surface area is 124 Å². The molecule has 1 aromatic carbocycles. The molecule has 0 bridgehead atoms. The van der Waals surface area contributed by atoms with E-state index < -0.39 is 5.97 Å². The van der Waals surface area contributed by atoms with Gasteiger partial charge in [0.25, 0.3) is 0 Å². The smallest absolute Gasteiger partial charge is 0.303 e. The predicted molar refractivity (Wildman–Crippen MR) is 78.2 cm³/mol. The van der Waals surface area contributed by atoms with Crippen molar-refractivity contribution < 1.29 is 19.4 Å². The summed E-state index contributed by atoms with van der Waals surface area (Å²) < 4.78 is 5.59. The predicted octanol–water partition coefficient (Wildman–Crippen LogP) is 2.09. The molecule has 0 radical (unpaired) electrons. The highest BCUT2D eigenvalue weighted by Crippen LogP contribution is 2.20. The largest absolute Gasteiger partial charge is 0.494 e. The topological polar surface area (TPSA) is 66.8 Å². The number of nitrogens with zero attached hydrogens (tertiary/aromatic N) is 1. The fourth-order valence-corrected chi connectivity index (χ4v) is 2.43. The quantitative estimate of drug-likeness (QED) is 0.781. The summed E-state index contributed by atoms with van der Waals surface area (Å²) in [6, 6.07) is 7.82. The van der Waals surface area contributed by atoms with Gasteiger partial charge in [0.15, 0.2) is 0 Å². The van der Waals surface area contributed by atoms with Gasteiger partial charge < -0.3 is 14.7 Å². The van der Waals surface area contributed by atoms with Crippen LogP contribution in [0.1, 0.15) is 24.8 Å². The van der Waals surface area contributed by atoms with Gasteiger partial charge in [0.2, 0.25) is 5.91 Å². The minimum Gasteiger partial charge on any atom is -0.494 e. The monoisotopic (exact) mass is 291 g/mol.